The molecular formula is C16H20ClN3O2. The summed E-state index contributed by atoms with van der Waals surface area (Å²) in [7, 11) is 1.60. The lowest BCUT2D eigenvalue weighted by Gasteiger charge is -2.21. The van der Waals surface area contributed by atoms with Crippen LogP contribution in [-0.4, -0.2) is 28.2 Å². The molecule has 0 unspecified atom stereocenters. The van der Waals surface area contributed by atoms with Gasteiger partial charge in [-0.2, -0.15) is 0 Å². The van der Waals surface area contributed by atoms with Crippen LogP contribution in [0.15, 0.2) is 30.3 Å². The Morgan fingerprint density at radius 1 is 1.27 bits per heavy atom. The summed E-state index contributed by atoms with van der Waals surface area (Å²) in [5.74, 6) is 1.28. The molecule has 0 spiro atoms. The Labute approximate surface area is 135 Å². The van der Waals surface area contributed by atoms with E-state index in [4.69, 9.17) is 16.3 Å². The number of hydrogen-bond donors (Lipinski definition) is 2. The van der Waals surface area contributed by atoms with Crippen LogP contribution in [0.5, 0.6) is 0 Å². The Kier molecular flexibility index (Phi) is 5.71. The number of benzene rings is 1. The van der Waals surface area contributed by atoms with Crippen LogP contribution in [0.3, 0.4) is 0 Å². The van der Waals surface area contributed by atoms with Gasteiger partial charge in [-0.25, -0.2) is 9.97 Å². The molecule has 22 heavy (non-hydrogen) atoms. The first-order valence-corrected chi connectivity index (χ1v) is 7.41. The van der Waals surface area contributed by atoms with Gasteiger partial charge < -0.3 is 15.2 Å². The fourth-order valence-corrected chi connectivity index (χ4v) is 2.28. The van der Waals surface area contributed by atoms with Crippen molar-refractivity contribution in [2.45, 2.75) is 32.6 Å². The van der Waals surface area contributed by atoms with Gasteiger partial charge in [-0.15, -0.1) is 0 Å². The number of halogens is 1. The number of anilines is 1. The van der Waals surface area contributed by atoms with Crippen molar-refractivity contribution in [3.8, 4) is 0 Å². The van der Waals surface area contributed by atoms with Crippen molar-refractivity contribution in [1.29, 1.82) is 0 Å². The average Bonchev–Trinajstić information content (AvgIpc) is 2.47. The Morgan fingerprint density at radius 3 is 2.59 bits per heavy atom. The van der Waals surface area contributed by atoms with Crippen LogP contribution in [-0.2, 0) is 11.3 Å². The molecule has 5 nitrogen and oxygen atoms in total. The molecule has 2 N–H and O–H groups in total. The van der Waals surface area contributed by atoms with Crippen LogP contribution in [0.1, 0.15) is 30.1 Å². The number of ether oxygens (including phenoxy) is 1. The minimum Gasteiger partial charge on any atom is -0.386 e. The fraction of sp³-hybridized carbons (Fsp3) is 0.375. The molecule has 2 aromatic rings. The summed E-state index contributed by atoms with van der Waals surface area (Å²) in [4.78, 5) is 8.66. The average molecular weight is 322 g/mol. The molecule has 6 heteroatoms. The highest BCUT2D eigenvalue weighted by molar-refractivity contribution is 6.30. The highest BCUT2D eigenvalue weighted by Gasteiger charge is 2.17. The van der Waals surface area contributed by atoms with Crippen molar-refractivity contribution in [2.24, 2.45) is 0 Å². The van der Waals surface area contributed by atoms with Crippen molar-refractivity contribution in [2.75, 3.05) is 12.4 Å². The first-order valence-electron chi connectivity index (χ1n) is 7.03. The maximum Gasteiger partial charge on any atom is 0.156 e. The molecule has 0 saturated heterocycles. The smallest absolute Gasteiger partial charge is 0.156 e. The van der Waals surface area contributed by atoms with Crippen LogP contribution >= 0.6 is 11.6 Å². The molecule has 2 atom stereocenters. The minimum absolute atomic E-state index is 0.217. The first-order chi connectivity index (χ1) is 10.5. The normalized spacial score (nSPS) is 13.7. The van der Waals surface area contributed by atoms with Crippen molar-refractivity contribution in [3.63, 3.8) is 0 Å². The van der Waals surface area contributed by atoms with Crippen molar-refractivity contribution in [3.05, 3.63) is 52.4 Å². The molecule has 0 aliphatic carbocycles. The predicted molar refractivity (Wildman–Crippen MR) is 87.0 cm³/mol. The number of methoxy groups -OCH3 is 1. The van der Waals surface area contributed by atoms with Gasteiger partial charge in [0.2, 0.25) is 0 Å². The van der Waals surface area contributed by atoms with Crippen molar-refractivity contribution >= 4 is 17.4 Å². The van der Waals surface area contributed by atoms with Gasteiger partial charge in [-0.3, -0.25) is 0 Å². The van der Waals surface area contributed by atoms with E-state index in [1.165, 1.54) is 0 Å². The van der Waals surface area contributed by atoms with E-state index in [2.05, 4.69) is 15.3 Å². The molecule has 0 fully saturated rings. The van der Waals surface area contributed by atoms with Gasteiger partial charge >= 0.3 is 0 Å². The van der Waals surface area contributed by atoms with Gasteiger partial charge in [0.15, 0.2) is 5.82 Å². The molecule has 0 bridgehead atoms. The molecule has 2 rings (SSSR count). The van der Waals surface area contributed by atoms with Crippen LogP contribution in [0.2, 0.25) is 5.02 Å². The van der Waals surface area contributed by atoms with Gasteiger partial charge in [0.25, 0.3) is 0 Å². The van der Waals surface area contributed by atoms with E-state index in [9.17, 15) is 5.11 Å². The first kappa shape index (κ1) is 16.7. The Hall–Kier alpha value is -1.69. The number of nitrogens with one attached hydrogen (secondary N) is 1. The van der Waals surface area contributed by atoms with E-state index in [0.717, 1.165) is 11.3 Å². The maximum atomic E-state index is 10.4. The molecule has 0 aliphatic rings. The zero-order valence-electron chi connectivity index (χ0n) is 12.9. The highest BCUT2D eigenvalue weighted by Crippen LogP contribution is 2.21. The quantitative estimate of drug-likeness (QED) is 0.855. The third-order valence-corrected chi connectivity index (χ3v) is 3.49. The lowest BCUT2D eigenvalue weighted by Crippen LogP contribution is -2.25. The summed E-state index contributed by atoms with van der Waals surface area (Å²) >= 11 is 5.86. The third kappa shape index (κ3) is 4.40. The summed E-state index contributed by atoms with van der Waals surface area (Å²) in [5.41, 5.74) is 1.64. The molecular weight excluding hydrogens is 302 g/mol. The number of aliphatic hydroxyl groups excluding tert-OH is 1. The summed E-state index contributed by atoms with van der Waals surface area (Å²) in [5, 5.41) is 14.3. The monoisotopic (exact) mass is 321 g/mol. The van der Waals surface area contributed by atoms with Crippen LogP contribution in [0.25, 0.3) is 0 Å². The molecule has 1 heterocycles. The van der Waals surface area contributed by atoms with Gasteiger partial charge in [0.1, 0.15) is 12.4 Å². The summed E-state index contributed by atoms with van der Waals surface area (Å²) in [6, 6.07) is 8.77. The standard InChI is InChI=1S/C16H20ClN3O2/c1-10-8-14(20-15(18-10)9-22-3)19-11(2)16(21)12-4-6-13(17)7-5-12/h4-8,11,16,21H,9H2,1-3H3,(H,18,19,20)/t11-,16-/m1/s1. The van der Waals surface area contributed by atoms with E-state index >= 15 is 0 Å². The van der Waals surface area contributed by atoms with E-state index < -0.39 is 6.10 Å². The molecule has 0 amide bonds. The van der Waals surface area contributed by atoms with Crippen LogP contribution in [0.4, 0.5) is 5.82 Å². The van der Waals surface area contributed by atoms with Crippen LogP contribution < -0.4 is 5.32 Å². The molecule has 0 saturated carbocycles. The van der Waals surface area contributed by atoms with E-state index in [1.807, 2.05) is 32.0 Å². The summed E-state index contributed by atoms with van der Waals surface area (Å²) in [6.07, 6.45) is -0.668. The molecule has 1 aromatic carbocycles. The van der Waals surface area contributed by atoms with E-state index in [1.54, 1.807) is 19.2 Å². The van der Waals surface area contributed by atoms with Crippen molar-refractivity contribution < 1.29 is 9.84 Å². The van der Waals surface area contributed by atoms with Gasteiger partial charge in [0, 0.05) is 23.9 Å². The summed E-state index contributed by atoms with van der Waals surface area (Å²) in [6.45, 7) is 4.14. The second kappa shape index (κ2) is 7.54. The predicted octanol–water partition coefficient (Wildman–Crippen LogP) is 3.12. The third-order valence-electron chi connectivity index (χ3n) is 3.23. The SMILES string of the molecule is COCc1nc(C)cc(N[C@H](C)[C@@H](O)c2ccc(Cl)cc2)n1. The fourth-order valence-electron chi connectivity index (χ4n) is 2.16. The van der Waals surface area contributed by atoms with Gasteiger partial charge in [0.05, 0.1) is 12.1 Å². The van der Waals surface area contributed by atoms with E-state index in [-0.39, 0.29) is 6.04 Å². The highest BCUT2D eigenvalue weighted by atomic mass is 35.5. The topological polar surface area (TPSA) is 67.3 Å². The van der Waals surface area contributed by atoms with E-state index in [0.29, 0.717) is 23.3 Å². The molecule has 118 valence electrons. The number of aryl methyl sites for hydroxylation is 1. The lowest BCUT2D eigenvalue weighted by atomic mass is 10.0. The molecule has 0 aliphatic heterocycles. The Morgan fingerprint density at radius 2 is 1.95 bits per heavy atom. The van der Waals surface area contributed by atoms with Gasteiger partial charge in [-0.1, -0.05) is 23.7 Å². The van der Waals surface area contributed by atoms with Crippen LogP contribution in [0, 0.1) is 6.92 Å². The molecule has 1 aromatic heterocycles. The van der Waals surface area contributed by atoms with Crippen molar-refractivity contribution in [1.82, 2.24) is 9.97 Å². The Balaban J connectivity index is 2.10. The number of hydrogen-bond acceptors (Lipinski definition) is 5. The zero-order valence-corrected chi connectivity index (χ0v) is 13.6. The number of aromatic nitrogens is 2. The lowest BCUT2D eigenvalue weighted by molar-refractivity contribution is 0.160. The second-order valence-electron chi connectivity index (χ2n) is 5.17. The minimum atomic E-state index is -0.668. The number of nitrogens with zero attached hydrogens (tertiary/aromatic N) is 2. The number of aliphatic hydroxyl groups is 1. The van der Waals surface area contributed by atoms with Gasteiger partial charge in [-0.05, 0) is 31.5 Å². The Bertz CT molecular complexity index is 619. The maximum absolute atomic E-state index is 10.4. The zero-order chi connectivity index (χ0) is 16.1. The summed E-state index contributed by atoms with van der Waals surface area (Å²) < 4.78 is 5.06. The second-order valence-corrected chi connectivity index (χ2v) is 5.61. The largest absolute Gasteiger partial charge is 0.386 e. The number of rotatable bonds is 6. The molecule has 0 radical (unpaired) electrons.